The van der Waals surface area contributed by atoms with Crippen LogP contribution in [0.4, 0.5) is 10.1 Å². The Morgan fingerprint density at radius 2 is 1.93 bits per heavy atom. The van der Waals surface area contributed by atoms with E-state index < -0.39 is 0 Å². The Morgan fingerprint density at radius 3 is 2.57 bits per heavy atom. The third kappa shape index (κ3) is 4.81. The molecule has 162 valence electrons. The van der Waals surface area contributed by atoms with E-state index in [0.29, 0.717) is 43.0 Å². The van der Waals surface area contributed by atoms with Gasteiger partial charge in [-0.2, -0.15) is 0 Å². The molecule has 7 nitrogen and oxygen atoms in total. The van der Waals surface area contributed by atoms with Crippen LogP contribution in [-0.4, -0.2) is 58.3 Å². The second-order valence-electron chi connectivity index (χ2n) is 8.04. The Balaban J connectivity index is 1.75. The second kappa shape index (κ2) is 9.30. The second-order valence-corrected chi connectivity index (χ2v) is 8.04. The van der Waals surface area contributed by atoms with Crippen LogP contribution in [0, 0.1) is 5.82 Å². The zero-order chi connectivity index (χ0) is 21.8. The van der Waals surface area contributed by atoms with Gasteiger partial charge in [-0.05, 0) is 32.9 Å². The average molecular weight is 416 g/mol. The van der Waals surface area contributed by atoms with Gasteiger partial charge < -0.3 is 10.2 Å². The van der Waals surface area contributed by atoms with E-state index in [2.05, 4.69) is 29.5 Å². The third-order valence-corrected chi connectivity index (χ3v) is 5.72. The van der Waals surface area contributed by atoms with Crippen molar-refractivity contribution >= 4 is 18.0 Å². The van der Waals surface area contributed by atoms with Crippen LogP contribution >= 0.6 is 0 Å². The number of benzene rings is 1. The molecule has 8 heteroatoms. The standard InChI is InChI=1S/C22H30FN5O2/c1-15-8-9-20(24-14-29)13-28(15)25-21-7-5-6-19(22(21)23)12-27-16(2)10-26(18(4)30)11-17(27)3/h5-9,13-17,25H,10-12H2,1-4H3,(H,24,29). The van der Waals surface area contributed by atoms with E-state index >= 15 is 4.39 Å². The van der Waals surface area contributed by atoms with Crippen molar-refractivity contribution in [2.24, 2.45) is 0 Å². The van der Waals surface area contributed by atoms with E-state index in [1.807, 2.05) is 30.0 Å². The van der Waals surface area contributed by atoms with Crippen molar-refractivity contribution in [3.05, 3.63) is 53.6 Å². The van der Waals surface area contributed by atoms with Crippen molar-refractivity contribution < 1.29 is 14.0 Å². The van der Waals surface area contributed by atoms with Gasteiger partial charge in [-0.15, -0.1) is 0 Å². The van der Waals surface area contributed by atoms with Crippen LogP contribution in [0.5, 0.6) is 0 Å². The lowest BCUT2D eigenvalue weighted by molar-refractivity contribution is -0.133. The molecule has 3 unspecified atom stereocenters. The van der Waals surface area contributed by atoms with Gasteiger partial charge >= 0.3 is 0 Å². The lowest BCUT2D eigenvalue weighted by Crippen LogP contribution is -2.57. The number of amides is 2. The maximum Gasteiger partial charge on any atom is 0.219 e. The molecule has 0 spiro atoms. The van der Waals surface area contributed by atoms with E-state index in [1.54, 1.807) is 30.3 Å². The van der Waals surface area contributed by atoms with Gasteiger partial charge in [-0.25, -0.2) is 4.39 Å². The number of halogens is 1. The minimum atomic E-state index is -0.300. The predicted octanol–water partition coefficient (Wildman–Crippen LogP) is 2.44. The number of hydrazine groups is 1. The van der Waals surface area contributed by atoms with Crippen molar-refractivity contribution in [3.8, 4) is 0 Å². The molecular weight excluding hydrogens is 385 g/mol. The van der Waals surface area contributed by atoms with Gasteiger partial charge in [0.05, 0.1) is 17.4 Å². The Bertz CT molecular complexity index is 844. The molecule has 0 saturated carbocycles. The molecule has 1 aromatic carbocycles. The van der Waals surface area contributed by atoms with Gasteiger partial charge in [0.2, 0.25) is 12.3 Å². The fourth-order valence-corrected chi connectivity index (χ4v) is 3.98. The third-order valence-electron chi connectivity index (χ3n) is 5.72. The minimum Gasteiger partial charge on any atom is -0.340 e. The fraction of sp³-hybridized carbons (Fsp3) is 0.455. The van der Waals surface area contributed by atoms with Gasteiger partial charge in [-0.1, -0.05) is 18.2 Å². The normalized spacial score (nSPS) is 24.4. The van der Waals surface area contributed by atoms with E-state index in [0.717, 1.165) is 0 Å². The first-order valence-corrected chi connectivity index (χ1v) is 10.2. The molecule has 0 aliphatic carbocycles. The van der Waals surface area contributed by atoms with Gasteiger partial charge in [0, 0.05) is 50.4 Å². The fourth-order valence-electron chi connectivity index (χ4n) is 3.98. The summed E-state index contributed by atoms with van der Waals surface area (Å²) in [5.74, 6) is -0.224. The van der Waals surface area contributed by atoms with Crippen LogP contribution in [0.25, 0.3) is 0 Å². The zero-order valence-electron chi connectivity index (χ0n) is 17.9. The summed E-state index contributed by atoms with van der Waals surface area (Å²) in [5, 5.41) is 4.36. The van der Waals surface area contributed by atoms with E-state index in [4.69, 9.17) is 0 Å². The van der Waals surface area contributed by atoms with Crippen LogP contribution in [0.15, 0.2) is 42.2 Å². The topological polar surface area (TPSA) is 67.9 Å². The van der Waals surface area contributed by atoms with Gasteiger partial charge in [0.25, 0.3) is 0 Å². The van der Waals surface area contributed by atoms with Gasteiger partial charge in [-0.3, -0.25) is 24.9 Å². The molecule has 0 aromatic heterocycles. The predicted molar refractivity (Wildman–Crippen MR) is 114 cm³/mol. The summed E-state index contributed by atoms with van der Waals surface area (Å²) in [6.07, 6.45) is 6.07. The Labute approximate surface area is 177 Å². The van der Waals surface area contributed by atoms with Crippen LogP contribution in [-0.2, 0) is 16.1 Å². The largest absolute Gasteiger partial charge is 0.340 e. The first-order valence-electron chi connectivity index (χ1n) is 10.2. The van der Waals surface area contributed by atoms with Crippen LogP contribution in [0.3, 0.4) is 0 Å². The number of hydrogen-bond donors (Lipinski definition) is 2. The molecular formula is C22H30FN5O2. The monoisotopic (exact) mass is 415 g/mol. The summed E-state index contributed by atoms with van der Waals surface area (Å²) in [6.45, 7) is 9.46. The number of hydrogen-bond acceptors (Lipinski definition) is 5. The molecule has 0 radical (unpaired) electrons. The molecule has 30 heavy (non-hydrogen) atoms. The number of rotatable bonds is 6. The van der Waals surface area contributed by atoms with E-state index in [9.17, 15) is 9.59 Å². The summed E-state index contributed by atoms with van der Waals surface area (Å²) in [4.78, 5) is 26.5. The highest BCUT2D eigenvalue weighted by Gasteiger charge is 2.31. The van der Waals surface area contributed by atoms with Gasteiger partial charge in [0.15, 0.2) is 5.82 Å². The highest BCUT2D eigenvalue weighted by molar-refractivity contribution is 5.73. The number of carbonyl (C=O) groups excluding carboxylic acids is 2. The molecule has 1 fully saturated rings. The summed E-state index contributed by atoms with van der Waals surface area (Å²) >= 11 is 0. The Hall–Kier alpha value is -2.87. The Kier molecular flexibility index (Phi) is 6.77. The molecule has 2 aliphatic heterocycles. The summed E-state index contributed by atoms with van der Waals surface area (Å²) in [7, 11) is 0. The number of allylic oxidation sites excluding steroid dienone is 1. The molecule has 1 saturated heterocycles. The van der Waals surface area contributed by atoms with Crippen molar-refractivity contribution in [2.75, 3.05) is 18.5 Å². The van der Waals surface area contributed by atoms with Crippen LogP contribution in [0.2, 0.25) is 0 Å². The first kappa shape index (κ1) is 21.8. The van der Waals surface area contributed by atoms with Crippen molar-refractivity contribution in [1.29, 1.82) is 0 Å². The zero-order valence-corrected chi connectivity index (χ0v) is 17.9. The Morgan fingerprint density at radius 1 is 1.23 bits per heavy atom. The number of anilines is 1. The quantitative estimate of drug-likeness (QED) is 0.699. The highest BCUT2D eigenvalue weighted by Crippen LogP contribution is 2.25. The maximum absolute atomic E-state index is 15.3. The highest BCUT2D eigenvalue weighted by atomic mass is 19.1. The maximum atomic E-state index is 15.3. The lowest BCUT2D eigenvalue weighted by Gasteiger charge is -2.44. The van der Waals surface area contributed by atoms with Crippen molar-refractivity contribution in [3.63, 3.8) is 0 Å². The molecule has 1 aromatic rings. The van der Waals surface area contributed by atoms with E-state index in [-0.39, 0.29) is 29.8 Å². The van der Waals surface area contributed by atoms with Crippen LogP contribution in [0.1, 0.15) is 33.3 Å². The van der Waals surface area contributed by atoms with E-state index in [1.165, 1.54) is 0 Å². The molecule has 0 bridgehead atoms. The smallest absolute Gasteiger partial charge is 0.219 e. The van der Waals surface area contributed by atoms with Crippen LogP contribution < -0.4 is 10.7 Å². The minimum absolute atomic E-state index is 0.00930. The SMILES string of the molecule is CC(=O)N1CC(C)N(Cc2cccc(NN3C=C(NC=O)C=CC3C)c2F)C(C)C1. The molecule has 2 aliphatic rings. The summed E-state index contributed by atoms with van der Waals surface area (Å²) < 4.78 is 15.3. The number of carbonyl (C=O) groups is 2. The van der Waals surface area contributed by atoms with Crippen molar-refractivity contribution in [2.45, 2.75) is 52.4 Å². The molecule has 3 atom stereocenters. The number of nitrogens with zero attached hydrogens (tertiary/aromatic N) is 3. The summed E-state index contributed by atoms with van der Waals surface area (Å²) in [5.41, 5.74) is 4.71. The number of nitrogens with one attached hydrogen (secondary N) is 2. The van der Waals surface area contributed by atoms with Crippen molar-refractivity contribution in [1.82, 2.24) is 20.1 Å². The first-order chi connectivity index (χ1) is 14.3. The number of piperazine rings is 1. The summed E-state index contributed by atoms with van der Waals surface area (Å²) in [6, 6.07) is 5.60. The van der Waals surface area contributed by atoms with Gasteiger partial charge in [0.1, 0.15) is 0 Å². The molecule has 2 heterocycles. The molecule has 3 rings (SSSR count). The molecule has 2 amide bonds. The lowest BCUT2D eigenvalue weighted by atomic mass is 10.1. The average Bonchev–Trinajstić information content (AvgIpc) is 2.69. The molecule has 2 N–H and O–H groups in total.